The highest BCUT2D eigenvalue weighted by molar-refractivity contribution is 6.31. The lowest BCUT2D eigenvalue weighted by atomic mass is 10.0. The van der Waals surface area contributed by atoms with Gasteiger partial charge in [0.1, 0.15) is 0 Å². The average Bonchev–Trinajstić information content (AvgIpc) is 2.43. The number of halogens is 1. The molecular weight excluding hydrogens is 284 g/mol. The van der Waals surface area contributed by atoms with Crippen molar-refractivity contribution in [3.05, 3.63) is 34.9 Å². The SMILES string of the molecule is CCN(CC)[C@H](CNC(=O)CC(C)C)c1ccccc1Cl. The summed E-state index contributed by atoms with van der Waals surface area (Å²) in [6.07, 6.45) is 0.563. The second-order valence-corrected chi connectivity index (χ2v) is 6.07. The number of hydrogen-bond acceptors (Lipinski definition) is 2. The quantitative estimate of drug-likeness (QED) is 0.790. The van der Waals surface area contributed by atoms with Crippen LogP contribution in [-0.2, 0) is 4.79 Å². The minimum Gasteiger partial charge on any atom is -0.354 e. The molecule has 0 bridgehead atoms. The van der Waals surface area contributed by atoms with Gasteiger partial charge in [0.25, 0.3) is 0 Å². The van der Waals surface area contributed by atoms with Gasteiger partial charge in [-0.05, 0) is 30.6 Å². The molecule has 1 aromatic carbocycles. The van der Waals surface area contributed by atoms with Crippen molar-refractivity contribution in [2.24, 2.45) is 5.92 Å². The number of carbonyl (C=O) groups excluding carboxylic acids is 1. The maximum absolute atomic E-state index is 11.9. The number of carbonyl (C=O) groups is 1. The number of hydrogen-bond donors (Lipinski definition) is 1. The molecule has 1 amide bonds. The van der Waals surface area contributed by atoms with Crippen LogP contribution >= 0.6 is 11.6 Å². The molecule has 0 aliphatic heterocycles. The van der Waals surface area contributed by atoms with Crippen molar-refractivity contribution in [2.45, 2.75) is 40.2 Å². The molecule has 0 saturated heterocycles. The minimum atomic E-state index is 0.106. The summed E-state index contributed by atoms with van der Waals surface area (Å²) in [5, 5.41) is 3.81. The number of nitrogens with zero attached hydrogens (tertiary/aromatic N) is 1. The van der Waals surface area contributed by atoms with Crippen LogP contribution in [0.1, 0.15) is 45.7 Å². The summed E-state index contributed by atoms with van der Waals surface area (Å²) in [5.41, 5.74) is 1.08. The molecule has 0 aromatic heterocycles. The third-order valence-electron chi connectivity index (χ3n) is 3.60. The van der Waals surface area contributed by atoms with Gasteiger partial charge in [-0.1, -0.05) is 57.5 Å². The van der Waals surface area contributed by atoms with Crippen LogP contribution in [-0.4, -0.2) is 30.4 Å². The number of amides is 1. The first-order valence-corrected chi connectivity index (χ1v) is 8.12. The van der Waals surface area contributed by atoms with Crippen LogP contribution in [0.15, 0.2) is 24.3 Å². The molecule has 118 valence electrons. The predicted octanol–water partition coefficient (Wildman–Crippen LogP) is 3.89. The first kappa shape index (κ1) is 18.0. The van der Waals surface area contributed by atoms with Gasteiger partial charge in [0, 0.05) is 18.0 Å². The third kappa shape index (κ3) is 5.68. The number of rotatable bonds is 8. The fraction of sp³-hybridized carbons (Fsp3) is 0.588. The third-order valence-corrected chi connectivity index (χ3v) is 3.95. The normalized spacial score (nSPS) is 12.7. The van der Waals surface area contributed by atoms with E-state index < -0.39 is 0 Å². The lowest BCUT2D eigenvalue weighted by Gasteiger charge is -2.31. The Morgan fingerprint density at radius 2 is 1.86 bits per heavy atom. The number of likely N-dealkylation sites (N-methyl/N-ethyl adjacent to an activating group) is 1. The van der Waals surface area contributed by atoms with Crippen LogP contribution < -0.4 is 5.32 Å². The Morgan fingerprint density at radius 3 is 2.38 bits per heavy atom. The van der Waals surface area contributed by atoms with Crippen LogP contribution in [0.25, 0.3) is 0 Å². The second kappa shape index (κ2) is 9.06. The van der Waals surface area contributed by atoms with Crippen molar-refractivity contribution in [3.8, 4) is 0 Å². The highest BCUT2D eigenvalue weighted by Crippen LogP contribution is 2.26. The van der Waals surface area contributed by atoms with E-state index in [1.807, 2.05) is 24.3 Å². The van der Waals surface area contributed by atoms with Gasteiger partial charge in [0.2, 0.25) is 5.91 Å². The molecule has 0 aliphatic rings. The molecule has 0 unspecified atom stereocenters. The Bertz CT molecular complexity index is 444. The maximum Gasteiger partial charge on any atom is 0.220 e. The van der Waals surface area contributed by atoms with Crippen LogP contribution in [0.2, 0.25) is 5.02 Å². The molecule has 0 spiro atoms. The minimum absolute atomic E-state index is 0.106. The van der Waals surface area contributed by atoms with Crippen molar-refractivity contribution < 1.29 is 4.79 Å². The molecule has 1 atom stereocenters. The second-order valence-electron chi connectivity index (χ2n) is 5.66. The van der Waals surface area contributed by atoms with Gasteiger partial charge >= 0.3 is 0 Å². The van der Waals surface area contributed by atoms with Gasteiger partial charge in [-0.15, -0.1) is 0 Å². The van der Waals surface area contributed by atoms with Crippen LogP contribution in [0, 0.1) is 5.92 Å². The zero-order valence-corrected chi connectivity index (χ0v) is 14.3. The van der Waals surface area contributed by atoms with Crippen molar-refractivity contribution in [1.29, 1.82) is 0 Å². The van der Waals surface area contributed by atoms with E-state index >= 15 is 0 Å². The Balaban J connectivity index is 2.84. The largest absolute Gasteiger partial charge is 0.354 e. The van der Waals surface area contributed by atoms with Gasteiger partial charge in [-0.2, -0.15) is 0 Å². The van der Waals surface area contributed by atoms with Crippen molar-refractivity contribution in [2.75, 3.05) is 19.6 Å². The smallest absolute Gasteiger partial charge is 0.220 e. The molecule has 1 N–H and O–H groups in total. The Labute approximate surface area is 133 Å². The van der Waals surface area contributed by atoms with Crippen molar-refractivity contribution >= 4 is 17.5 Å². The fourth-order valence-corrected chi connectivity index (χ4v) is 2.76. The van der Waals surface area contributed by atoms with Gasteiger partial charge in [0.05, 0.1) is 6.04 Å². The molecule has 0 fully saturated rings. The zero-order chi connectivity index (χ0) is 15.8. The standard InChI is InChI=1S/C17H27ClN2O/c1-5-20(6-2)16(12-19-17(21)11-13(3)4)14-9-7-8-10-15(14)18/h7-10,13,16H,5-6,11-12H2,1-4H3,(H,19,21)/t16-/m1/s1. The topological polar surface area (TPSA) is 32.3 Å². The summed E-state index contributed by atoms with van der Waals surface area (Å²) >= 11 is 6.34. The van der Waals surface area contributed by atoms with E-state index in [2.05, 4.69) is 37.9 Å². The van der Waals surface area contributed by atoms with Crippen LogP contribution in [0.5, 0.6) is 0 Å². The van der Waals surface area contributed by atoms with E-state index in [0.717, 1.165) is 23.7 Å². The molecule has 1 rings (SSSR count). The van der Waals surface area contributed by atoms with E-state index in [1.54, 1.807) is 0 Å². The lowest BCUT2D eigenvalue weighted by molar-refractivity contribution is -0.122. The maximum atomic E-state index is 11.9. The number of benzene rings is 1. The van der Waals surface area contributed by atoms with E-state index in [4.69, 9.17) is 11.6 Å². The zero-order valence-electron chi connectivity index (χ0n) is 13.5. The van der Waals surface area contributed by atoms with E-state index in [-0.39, 0.29) is 11.9 Å². The van der Waals surface area contributed by atoms with E-state index in [9.17, 15) is 4.79 Å². The van der Waals surface area contributed by atoms with E-state index in [1.165, 1.54) is 0 Å². The molecule has 3 nitrogen and oxygen atoms in total. The van der Waals surface area contributed by atoms with Gasteiger partial charge in [-0.3, -0.25) is 9.69 Å². The van der Waals surface area contributed by atoms with Gasteiger partial charge < -0.3 is 5.32 Å². The lowest BCUT2D eigenvalue weighted by Crippen LogP contribution is -2.38. The summed E-state index contributed by atoms with van der Waals surface area (Å²) in [5.74, 6) is 0.478. The Morgan fingerprint density at radius 1 is 1.24 bits per heavy atom. The molecule has 0 radical (unpaired) electrons. The number of nitrogens with one attached hydrogen (secondary N) is 1. The van der Waals surface area contributed by atoms with Crippen molar-refractivity contribution in [3.63, 3.8) is 0 Å². The van der Waals surface area contributed by atoms with Gasteiger partial charge in [0.15, 0.2) is 0 Å². The molecule has 0 saturated carbocycles. The van der Waals surface area contributed by atoms with Gasteiger partial charge in [-0.25, -0.2) is 0 Å². The molecular formula is C17H27ClN2O. The van der Waals surface area contributed by atoms with E-state index in [0.29, 0.717) is 18.9 Å². The fourth-order valence-electron chi connectivity index (χ4n) is 2.50. The predicted molar refractivity (Wildman–Crippen MR) is 89.6 cm³/mol. The first-order chi connectivity index (χ1) is 9.99. The highest BCUT2D eigenvalue weighted by atomic mass is 35.5. The molecule has 0 heterocycles. The summed E-state index contributed by atoms with van der Waals surface area (Å²) < 4.78 is 0. The molecule has 21 heavy (non-hydrogen) atoms. The average molecular weight is 311 g/mol. The summed E-state index contributed by atoms with van der Waals surface area (Å²) in [4.78, 5) is 14.2. The Kier molecular flexibility index (Phi) is 7.76. The van der Waals surface area contributed by atoms with Crippen molar-refractivity contribution in [1.82, 2.24) is 10.2 Å². The van der Waals surface area contributed by atoms with Crippen LogP contribution in [0.4, 0.5) is 0 Å². The summed E-state index contributed by atoms with van der Waals surface area (Å²) in [6.45, 7) is 10.8. The summed E-state index contributed by atoms with van der Waals surface area (Å²) in [6, 6.07) is 7.99. The highest BCUT2D eigenvalue weighted by Gasteiger charge is 2.21. The Hall–Kier alpha value is -1.06. The molecule has 1 aromatic rings. The van der Waals surface area contributed by atoms with Crippen LogP contribution in [0.3, 0.4) is 0 Å². The molecule has 0 aliphatic carbocycles. The first-order valence-electron chi connectivity index (χ1n) is 7.74. The summed E-state index contributed by atoms with van der Waals surface area (Å²) in [7, 11) is 0. The monoisotopic (exact) mass is 310 g/mol. The molecule has 4 heteroatoms.